The number of carbonyl (C=O) groups excluding carboxylic acids is 1. The summed E-state index contributed by atoms with van der Waals surface area (Å²) < 4.78 is 0. The van der Waals surface area contributed by atoms with Crippen LogP contribution >= 0.6 is 0 Å². The Bertz CT molecular complexity index is 625. The van der Waals surface area contributed by atoms with Crippen LogP contribution in [0.3, 0.4) is 0 Å². The Morgan fingerprint density at radius 1 is 1.43 bits per heavy atom. The van der Waals surface area contributed by atoms with E-state index >= 15 is 0 Å². The molecule has 1 atom stereocenters. The molecule has 1 amide bonds. The average molecular weight is 288 g/mol. The predicted molar refractivity (Wildman–Crippen MR) is 76.4 cm³/mol. The summed E-state index contributed by atoms with van der Waals surface area (Å²) in [6.07, 6.45) is 3.22. The fourth-order valence-corrected chi connectivity index (χ4v) is 1.95. The van der Waals surface area contributed by atoms with Crippen molar-refractivity contribution in [1.82, 2.24) is 15.3 Å². The van der Waals surface area contributed by atoms with Gasteiger partial charge in [0.2, 0.25) is 5.91 Å². The van der Waals surface area contributed by atoms with E-state index in [1.165, 1.54) is 12.5 Å². The number of aromatic nitrogens is 2. The van der Waals surface area contributed by atoms with Gasteiger partial charge in [-0.2, -0.15) is 0 Å². The highest BCUT2D eigenvalue weighted by Gasteiger charge is 2.21. The number of nitrogens with one attached hydrogen (secondary N) is 2. The number of carbonyl (C=O) groups is 2. The van der Waals surface area contributed by atoms with Crippen LogP contribution in [0.1, 0.15) is 11.3 Å². The van der Waals surface area contributed by atoms with Crippen molar-refractivity contribution in [2.75, 3.05) is 5.73 Å². The molecule has 21 heavy (non-hydrogen) atoms. The molecule has 5 N–H and O–H groups in total. The highest BCUT2D eigenvalue weighted by Crippen LogP contribution is 2.07. The summed E-state index contributed by atoms with van der Waals surface area (Å²) in [6, 6.07) is 5.92. The zero-order valence-electron chi connectivity index (χ0n) is 11.2. The van der Waals surface area contributed by atoms with E-state index in [1.54, 1.807) is 24.3 Å². The quantitative estimate of drug-likeness (QED) is 0.571. The smallest absolute Gasteiger partial charge is 0.326 e. The Labute approximate surface area is 121 Å². The molecule has 0 bridgehead atoms. The van der Waals surface area contributed by atoms with Gasteiger partial charge in [-0.1, -0.05) is 12.1 Å². The maximum Gasteiger partial charge on any atom is 0.326 e. The van der Waals surface area contributed by atoms with Gasteiger partial charge in [-0.15, -0.1) is 0 Å². The van der Waals surface area contributed by atoms with Crippen LogP contribution in [0.25, 0.3) is 0 Å². The Balaban J connectivity index is 1.96. The molecule has 7 nitrogen and oxygen atoms in total. The lowest BCUT2D eigenvalue weighted by Gasteiger charge is -2.13. The highest BCUT2D eigenvalue weighted by atomic mass is 16.4. The number of nitrogen functional groups attached to an aromatic ring is 1. The summed E-state index contributed by atoms with van der Waals surface area (Å²) in [7, 11) is 0. The number of hydrogen-bond donors (Lipinski definition) is 4. The number of aliphatic carboxylic acids is 1. The van der Waals surface area contributed by atoms with Crippen LogP contribution < -0.4 is 11.1 Å². The molecule has 0 aliphatic rings. The van der Waals surface area contributed by atoms with Gasteiger partial charge in [0.25, 0.3) is 0 Å². The number of carboxylic acids is 1. The molecular weight excluding hydrogens is 272 g/mol. The lowest BCUT2D eigenvalue weighted by atomic mass is 10.1. The summed E-state index contributed by atoms with van der Waals surface area (Å²) in [5.74, 6) is -1.46. The van der Waals surface area contributed by atoms with E-state index in [2.05, 4.69) is 15.3 Å². The molecule has 0 spiro atoms. The fourth-order valence-electron chi connectivity index (χ4n) is 1.95. The molecule has 0 radical (unpaired) electrons. The molecule has 0 aliphatic heterocycles. The van der Waals surface area contributed by atoms with E-state index in [0.717, 1.165) is 5.56 Å². The first kappa shape index (κ1) is 14.6. The van der Waals surface area contributed by atoms with Crippen LogP contribution in [0.4, 0.5) is 5.69 Å². The summed E-state index contributed by atoms with van der Waals surface area (Å²) in [5.41, 5.74) is 7.58. The number of imidazole rings is 1. The third-order valence-electron chi connectivity index (χ3n) is 2.93. The van der Waals surface area contributed by atoms with Gasteiger partial charge in [0, 0.05) is 24.0 Å². The maximum absolute atomic E-state index is 11.9. The first-order valence-electron chi connectivity index (χ1n) is 6.38. The van der Waals surface area contributed by atoms with E-state index in [4.69, 9.17) is 10.8 Å². The lowest BCUT2D eigenvalue weighted by Crippen LogP contribution is -2.43. The first-order valence-corrected chi connectivity index (χ1v) is 6.38. The normalized spacial score (nSPS) is 11.8. The standard InChI is InChI=1S/C14H16N4O3/c15-10-3-1-2-9(4-10)5-13(19)18-12(14(20)21)6-11-7-16-8-17-11/h1-4,7-8,12H,5-6,15H2,(H,16,17)(H,18,19)(H,20,21). The second kappa shape index (κ2) is 6.56. The van der Waals surface area contributed by atoms with Gasteiger partial charge in [0.05, 0.1) is 12.7 Å². The minimum Gasteiger partial charge on any atom is -0.480 e. The third-order valence-corrected chi connectivity index (χ3v) is 2.93. The van der Waals surface area contributed by atoms with Gasteiger partial charge < -0.3 is 21.1 Å². The zero-order valence-corrected chi connectivity index (χ0v) is 11.2. The van der Waals surface area contributed by atoms with Crippen molar-refractivity contribution in [3.05, 3.63) is 48.0 Å². The minimum atomic E-state index is -1.09. The summed E-state index contributed by atoms with van der Waals surface area (Å²) in [6.45, 7) is 0. The van der Waals surface area contributed by atoms with E-state index in [1.807, 2.05) is 0 Å². The molecular formula is C14H16N4O3. The van der Waals surface area contributed by atoms with Crippen molar-refractivity contribution in [1.29, 1.82) is 0 Å². The molecule has 0 saturated carbocycles. The average Bonchev–Trinajstić information content (AvgIpc) is 2.90. The zero-order chi connectivity index (χ0) is 15.2. The minimum absolute atomic E-state index is 0.0811. The molecule has 1 unspecified atom stereocenters. The van der Waals surface area contributed by atoms with Gasteiger partial charge in [-0.25, -0.2) is 9.78 Å². The Morgan fingerprint density at radius 2 is 2.24 bits per heavy atom. The van der Waals surface area contributed by atoms with Gasteiger partial charge >= 0.3 is 5.97 Å². The summed E-state index contributed by atoms with van der Waals surface area (Å²) in [5, 5.41) is 11.7. The van der Waals surface area contributed by atoms with E-state index < -0.39 is 12.0 Å². The molecule has 1 heterocycles. The maximum atomic E-state index is 11.9. The molecule has 1 aromatic heterocycles. The van der Waals surface area contributed by atoms with Gasteiger partial charge in [-0.3, -0.25) is 4.79 Å². The number of anilines is 1. The van der Waals surface area contributed by atoms with Crippen molar-refractivity contribution in [2.45, 2.75) is 18.9 Å². The number of nitrogens with zero attached hydrogens (tertiary/aromatic N) is 1. The lowest BCUT2D eigenvalue weighted by molar-refractivity contribution is -0.141. The number of amides is 1. The van der Waals surface area contributed by atoms with Crippen molar-refractivity contribution in [2.24, 2.45) is 0 Å². The van der Waals surface area contributed by atoms with Crippen molar-refractivity contribution >= 4 is 17.6 Å². The second-order valence-electron chi connectivity index (χ2n) is 4.66. The van der Waals surface area contributed by atoms with E-state index in [9.17, 15) is 9.59 Å². The molecule has 2 aromatic rings. The molecule has 1 aromatic carbocycles. The molecule has 0 saturated heterocycles. The van der Waals surface area contributed by atoms with Crippen LogP contribution in [0, 0.1) is 0 Å². The van der Waals surface area contributed by atoms with Crippen LogP contribution in [0.2, 0.25) is 0 Å². The number of nitrogens with two attached hydrogens (primary N) is 1. The Hall–Kier alpha value is -2.83. The summed E-state index contributed by atoms with van der Waals surface area (Å²) >= 11 is 0. The van der Waals surface area contributed by atoms with Crippen molar-refractivity contribution < 1.29 is 14.7 Å². The summed E-state index contributed by atoms with van der Waals surface area (Å²) in [4.78, 5) is 29.8. The van der Waals surface area contributed by atoms with Crippen LogP contribution in [0.5, 0.6) is 0 Å². The van der Waals surface area contributed by atoms with E-state index in [0.29, 0.717) is 11.4 Å². The SMILES string of the molecule is Nc1cccc(CC(=O)NC(Cc2cnc[nH]2)C(=O)O)c1. The van der Waals surface area contributed by atoms with Crippen LogP contribution in [-0.4, -0.2) is 33.0 Å². The molecule has 110 valence electrons. The van der Waals surface area contributed by atoms with Crippen LogP contribution in [0.15, 0.2) is 36.8 Å². The predicted octanol–water partition coefficient (Wildman–Crippen LogP) is 0.346. The third kappa shape index (κ3) is 4.34. The number of hydrogen-bond acceptors (Lipinski definition) is 4. The number of carboxylic acid groups (broad SMARTS) is 1. The van der Waals surface area contributed by atoms with Crippen LogP contribution in [-0.2, 0) is 22.4 Å². The number of rotatable bonds is 6. The monoisotopic (exact) mass is 288 g/mol. The number of benzene rings is 1. The largest absolute Gasteiger partial charge is 0.480 e. The number of aromatic amines is 1. The van der Waals surface area contributed by atoms with Gasteiger partial charge in [-0.05, 0) is 17.7 Å². The van der Waals surface area contributed by atoms with Crippen molar-refractivity contribution in [3.8, 4) is 0 Å². The Morgan fingerprint density at radius 3 is 2.86 bits per heavy atom. The first-order chi connectivity index (χ1) is 10.0. The van der Waals surface area contributed by atoms with Crippen molar-refractivity contribution in [3.63, 3.8) is 0 Å². The Kier molecular flexibility index (Phi) is 4.55. The topological polar surface area (TPSA) is 121 Å². The van der Waals surface area contributed by atoms with Gasteiger partial charge in [0.15, 0.2) is 0 Å². The fraction of sp³-hybridized carbons (Fsp3) is 0.214. The van der Waals surface area contributed by atoms with Gasteiger partial charge in [0.1, 0.15) is 6.04 Å². The highest BCUT2D eigenvalue weighted by molar-refractivity contribution is 5.85. The molecule has 0 aliphatic carbocycles. The molecule has 2 rings (SSSR count). The molecule has 7 heteroatoms. The number of H-pyrrole nitrogens is 1. The van der Waals surface area contributed by atoms with E-state index in [-0.39, 0.29) is 18.7 Å². The second-order valence-corrected chi connectivity index (χ2v) is 4.66. The molecule has 0 fully saturated rings.